The van der Waals surface area contributed by atoms with Crippen LogP contribution in [0.5, 0.6) is 5.75 Å². The minimum atomic E-state index is -0.115. The van der Waals surface area contributed by atoms with Crippen LogP contribution in [0.3, 0.4) is 0 Å². The molecule has 0 aliphatic carbocycles. The molecule has 0 radical (unpaired) electrons. The fourth-order valence-corrected chi connectivity index (χ4v) is 2.34. The number of hydrogen-bond donors (Lipinski definition) is 2. The molecule has 1 aromatic carbocycles. The summed E-state index contributed by atoms with van der Waals surface area (Å²) in [6, 6.07) is 5.60. The second-order valence-corrected chi connectivity index (χ2v) is 5.67. The van der Waals surface area contributed by atoms with Gasteiger partial charge in [-0.1, -0.05) is 31.5 Å². The summed E-state index contributed by atoms with van der Waals surface area (Å²) in [6.07, 6.45) is 2.44. The normalized spacial score (nSPS) is 12.3. The maximum atomic E-state index is 11.9. The van der Waals surface area contributed by atoms with Gasteiger partial charge in [-0.3, -0.25) is 4.79 Å². The smallest absolute Gasteiger partial charge is 0.258 e. The van der Waals surface area contributed by atoms with Gasteiger partial charge in [0.15, 0.2) is 6.61 Å². The van der Waals surface area contributed by atoms with Crippen LogP contribution in [0.15, 0.2) is 18.2 Å². The molecule has 1 aromatic rings. The minimum Gasteiger partial charge on any atom is -0.483 e. The van der Waals surface area contributed by atoms with Gasteiger partial charge < -0.3 is 15.8 Å². The first-order valence-electron chi connectivity index (χ1n) is 7.43. The molecule has 0 spiro atoms. The molecule has 5 heteroatoms. The highest BCUT2D eigenvalue weighted by atomic mass is 35.5. The van der Waals surface area contributed by atoms with Crippen LogP contribution < -0.4 is 15.8 Å². The van der Waals surface area contributed by atoms with E-state index in [2.05, 4.69) is 5.32 Å². The van der Waals surface area contributed by atoms with Crippen LogP contribution in [0, 0.1) is 0 Å². The Morgan fingerprint density at radius 1 is 1.38 bits per heavy atom. The number of benzene rings is 1. The largest absolute Gasteiger partial charge is 0.483 e. The molecule has 0 aromatic heterocycles. The van der Waals surface area contributed by atoms with Crippen LogP contribution in [-0.2, 0) is 11.2 Å². The molecule has 4 nitrogen and oxygen atoms in total. The standard InChI is InChI=1S/C16H25ClN2O2/c1-4-12(5-2)19-16(20)10-21-15-8-6-7-14(17)13(15)9-11(3)18/h6-8,11-12H,4-5,9-10,18H2,1-3H3,(H,19,20). The summed E-state index contributed by atoms with van der Waals surface area (Å²) in [5.41, 5.74) is 6.68. The lowest BCUT2D eigenvalue weighted by Crippen LogP contribution is -2.37. The Hall–Kier alpha value is -1.26. The number of nitrogens with two attached hydrogens (primary N) is 1. The zero-order chi connectivity index (χ0) is 15.8. The number of halogens is 1. The maximum Gasteiger partial charge on any atom is 0.258 e. The average Bonchev–Trinajstić information content (AvgIpc) is 2.45. The fraction of sp³-hybridized carbons (Fsp3) is 0.562. The summed E-state index contributed by atoms with van der Waals surface area (Å²) in [4.78, 5) is 11.9. The van der Waals surface area contributed by atoms with Gasteiger partial charge in [0.2, 0.25) is 0 Å². The highest BCUT2D eigenvalue weighted by Gasteiger charge is 2.13. The topological polar surface area (TPSA) is 64.3 Å². The van der Waals surface area contributed by atoms with Crippen molar-refractivity contribution in [2.45, 2.75) is 52.1 Å². The first kappa shape index (κ1) is 17.8. The summed E-state index contributed by atoms with van der Waals surface area (Å²) >= 11 is 6.18. The number of hydrogen-bond acceptors (Lipinski definition) is 3. The van der Waals surface area contributed by atoms with Gasteiger partial charge in [0, 0.05) is 22.7 Å². The lowest BCUT2D eigenvalue weighted by atomic mass is 10.1. The molecule has 1 rings (SSSR count). The molecule has 0 aliphatic heterocycles. The van der Waals surface area contributed by atoms with Crippen LogP contribution in [0.4, 0.5) is 0 Å². The first-order chi connectivity index (χ1) is 9.97. The van der Waals surface area contributed by atoms with E-state index < -0.39 is 0 Å². The molecule has 3 N–H and O–H groups in total. The quantitative estimate of drug-likeness (QED) is 0.775. The zero-order valence-electron chi connectivity index (χ0n) is 13.0. The predicted octanol–water partition coefficient (Wildman–Crippen LogP) is 2.91. The Labute approximate surface area is 132 Å². The van der Waals surface area contributed by atoms with E-state index in [1.165, 1.54) is 0 Å². The van der Waals surface area contributed by atoms with Crippen LogP contribution in [0.25, 0.3) is 0 Å². The van der Waals surface area contributed by atoms with Gasteiger partial charge in [-0.05, 0) is 38.3 Å². The van der Waals surface area contributed by atoms with E-state index in [4.69, 9.17) is 22.1 Å². The van der Waals surface area contributed by atoms with Gasteiger partial charge in [0.1, 0.15) is 5.75 Å². The third-order valence-electron chi connectivity index (χ3n) is 3.31. The minimum absolute atomic E-state index is 0.0111. The summed E-state index contributed by atoms with van der Waals surface area (Å²) in [5.74, 6) is 0.509. The maximum absolute atomic E-state index is 11.9. The third-order valence-corrected chi connectivity index (χ3v) is 3.67. The number of ether oxygens (including phenoxy) is 1. The molecule has 0 bridgehead atoms. The Bertz CT molecular complexity index is 460. The van der Waals surface area contributed by atoms with Crippen molar-refractivity contribution in [2.24, 2.45) is 5.73 Å². The van der Waals surface area contributed by atoms with Gasteiger partial charge >= 0.3 is 0 Å². The average molecular weight is 313 g/mol. The molecule has 1 amide bonds. The molecular formula is C16H25ClN2O2. The van der Waals surface area contributed by atoms with Crippen LogP contribution in [0.1, 0.15) is 39.2 Å². The molecule has 0 saturated heterocycles. The highest BCUT2D eigenvalue weighted by Crippen LogP contribution is 2.27. The summed E-state index contributed by atoms with van der Waals surface area (Å²) in [5, 5.41) is 3.56. The van der Waals surface area contributed by atoms with Crippen molar-refractivity contribution in [2.75, 3.05) is 6.61 Å². The van der Waals surface area contributed by atoms with Crippen molar-refractivity contribution < 1.29 is 9.53 Å². The van der Waals surface area contributed by atoms with Gasteiger partial charge in [-0.2, -0.15) is 0 Å². The lowest BCUT2D eigenvalue weighted by Gasteiger charge is -2.17. The van der Waals surface area contributed by atoms with E-state index >= 15 is 0 Å². The molecular weight excluding hydrogens is 288 g/mol. The summed E-state index contributed by atoms with van der Waals surface area (Å²) in [6.45, 7) is 6.00. The fourth-order valence-electron chi connectivity index (χ4n) is 2.10. The molecule has 118 valence electrons. The number of rotatable bonds is 8. The van der Waals surface area contributed by atoms with Crippen molar-refractivity contribution >= 4 is 17.5 Å². The van der Waals surface area contributed by atoms with Crippen molar-refractivity contribution in [1.82, 2.24) is 5.32 Å². The van der Waals surface area contributed by atoms with Crippen molar-refractivity contribution in [3.05, 3.63) is 28.8 Å². The van der Waals surface area contributed by atoms with Gasteiger partial charge in [-0.15, -0.1) is 0 Å². The van der Waals surface area contributed by atoms with Gasteiger partial charge in [0.25, 0.3) is 5.91 Å². The van der Waals surface area contributed by atoms with Crippen LogP contribution >= 0.6 is 11.6 Å². The van der Waals surface area contributed by atoms with E-state index in [-0.39, 0.29) is 24.6 Å². The van der Waals surface area contributed by atoms with Crippen molar-refractivity contribution in [3.8, 4) is 5.75 Å². The zero-order valence-corrected chi connectivity index (χ0v) is 13.7. The SMILES string of the molecule is CCC(CC)NC(=O)COc1cccc(Cl)c1CC(C)N. The van der Waals surface area contributed by atoms with E-state index in [1.807, 2.05) is 26.8 Å². The number of nitrogens with one attached hydrogen (secondary N) is 1. The third kappa shape index (κ3) is 5.94. The predicted molar refractivity (Wildman–Crippen MR) is 86.8 cm³/mol. The molecule has 21 heavy (non-hydrogen) atoms. The lowest BCUT2D eigenvalue weighted by molar-refractivity contribution is -0.123. The molecule has 0 saturated carbocycles. The monoisotopic (exact) mass is 312 g/mol. The highest BCUT2D eigenvalue weighted by molar-refractivity contribution is 6.31. The van der Waals surface area contributed by atoms with Gasteiger partial charge in [-0.25, -0.2) is 0 Å². The molecule has 1 atom stereocenters. The number of carbonyl (C=O) groups is 1. The Kier molecular flexibility index (Phi) is 7.54. The van der Waals surface area contributed by atoms with E-state index in [0.717, 1.165) is 18.4 Å². The van der Waals surface area contributed by atoms with Gasteiger partial charge in [0.05, 0.1) is 0 Å². The molecule has 0 heterocycles. The summed E-state index contributed by atoms with van der Waals surface area (Å²) < 4.78 is 5.62. The number of carbonyl (C=O) groups excluding carboxylic acids is 1. The Morgan fingerprint density at radius 2 is 2.05 bits per heavy atom. The van der Waals surface area contributed by atoms with E-state index in [0.29, 0.717) is 17.2 Å². The summed E-state index contributed by atoms with van der Waals surface area (Å²) in [7, 11) is 0. The molecule has 0 aliphatic rings. The van der Waals surface area contributed by atoms with Crippen LogP contribution in [0.2, 0.25) is 5.02 Å². The second kappa shape index (κ2) is 8.90. The molecule has 1 unspecified atom stereocenters. The first-order valence-corrected chi connectivity index (χ1v) is 7.80. The van der Waals surface area contributed by atoms with E-state index in [1.54, 1.807) is 12.1 Å². The Morgan fingerprint density at radius 3 is 2.62 bits per heavy atom. The van der Waals surface area contributed by atoms with Crippen LogP contribution in [-0.4, -0.2) is 24.6 Å². The van der Waals surface area contributed by atoms with Crippen molar-refractivity contribution in [1.29, 1.82) is 0 Å². The van der Waals surface area contributed by atoms with Crippen molar-refractivity contribution in [3.63, 3.8) is 0 Å². The number of amides is 1. The van der Waals surface area contributed by atoms with E-state index in [9.17, 15) is 4.79 Å². The Balaban J connectivity index is 2.66. The second-order valence-electron chi connectivity index (χ2n) is 5.27. The molecule has 0 fully saturated rings.